The molecule has 0 aromatic heterocycles. The fourth-order valence-electron chi connectivity index (χ4n) is 1.16. The molecule has 2 rings (SSSR count). The number of thioether (sulfide) groups is 1. The maximum atomic E-state index is 5.93. The van der Waals surface area contributed by atoms with E-state index >= 15 is 0 Å². The van der Waals surface area contributed by atoms with Crippen LogP contribution in [0.5, 0.6) is 0 Å². The van der Waals surface area contributed by atoms with Gasteiger partial charge in [0, 0.05) is 16.6 Å². The molecule has 0 amide bonds. The molecule has 3 heteroatoms. The second-order valence-corrected chi connectivity index (χ2v) is 5.92. The van der Waals surface area contributed by atoms with E-state index < -0.39 is 4.33 Å². The molecule has 1 aliphatic rings. The second-order valence-electron chi connectivity index (χ2n) is 3.29. The first-order chi connectivity index (χ1) is 6.18. The van der Waals surface area contributed by atoms with Crippen LogP contribution in [0.4, 0.5) is 0 Å². The molecule has 1 aromatic carbocycles. The van der Waals surface area contributed by atoms with Crippen molar-refractivity contribution in [2.45, 2.75) is 15.6 Å². The molecule has 0 aliphatic heterocycles. The van der Waals surface area contributed by atoms with E-state index in [1.54, 1.807) is 0 Å². The smallest absolute Gasteiger partial charge is 0.122 e. The number of benzene rings is 1. The van der Waals surface area contributed by atoms with Crippen molar-refractivity contribution < 1.29 is 0 Å². The normalized spacial score (nSPS) is 24.3. The zero-order chi connectivity index (χ0) is 9.31. The maximum Gasteiger partial charge on any atom is 0.122 e. The maximum absolute atomic E-state index is 5.93. The van der Waals surface area contributed by atoms with Gasteiger partial charge < -0.3 is 0 Å². The number of halogens is 2. The van der Waals surface area contributed by atoms with Gasteiger partial charge in [-0.15, -0.1) is 35.0 Å². The van der Waals surface area contributed by atoms with Gasteiger partial charge in [0.05, 0.1) is 0 Å². The summed E-state index contributed by atoms with van der Waals surface area (Å²) in [4.78, 5) is 1.29. The van der Waals surface area contributed by atoms with Crippen LogP contribution in [0.15, 0.2) is 35.2 Å². The molecule has 1 atom stereocenters. The summed E-state index contributed by atoms with van der Waals surface area (Å²) in [5, 5.41) is 0. The van der Waals surface area contributed by atoms with Crippen LogP contribution in [0.3, 0.4) is 0 Å². The van der Waals surface area contributed by atoms with Gasteiger partial charge in [-0.2, -0.15) is 0 Å². The van der Waals surface area contributed by atoms with Crippen LogP contribution >= 0.6 is 35.0 Å². The van der Waals surface area contributed by atoms with Gasteiger partial charge in [-0.05, 0) is 18.6 Å². The van der Waals surface area contributed by atoms with Crippen LogP contribution in [0.1, 0.15) is 6.42 Å². The molecule has 1 saturated carbocycles. The molecule has 1 aliphatic carbocycles. The van der Waals surface area contributed by atoms with E-state index in [1.807, 2.05) is 30.0 Å². The number of alkyl halides is 2. The average Bonchev–Trinajstić information content (AvgIpc) is 2.73. The lowest BCUT2D eigenvalue weighted by molar-refractivity contribution is 0.979. The van der Waals surface area contributed by atoms with E-state index in [-0.39, 0.29) is 0 Å². The summed E-state index contributed by atoms with van der Waals surface area (Å²) in [6, 6.07) is 10.3. The van der Waals surface area contributed by atoms with Crippen LogP contribution in [-0.4, -0.2) is 10.1 Å². The Balaban J connectivity index is 1.82. The zero-order valence-corrected chi connectivity index (χ0v) is 9.37. The van der Waals surface area contributed by atoms with Crippen molar-refractivity contribution in [3.8, 4) is 0 Å². The van der Waals surface area contributed by atoms with Gasteiger partial charge in [0.25, 0.3) is 0 Å². The van der Waals surface area contributed by atoms with Crippen LogP contribution < -0.4 is 0 Å². The Morgan fingerprint density at radius 2 is 1.92 bits per heavy atom. The summed E-state index contributed by atoms with van der Waals surface area (Å²) >= 11 is 13.7. The van der Waals surface area contributed by atoms with Gasteiger partial charge in [-0.3, -0.25) is 0 Å². The highest BCUT2D eigenvalue weighted by atomic mass is 35.5. The summed E-state index contributed by atoms with van der Waals surface area (Å²) < 4.78 is -0.429. The minimum absolute atomic E-state index is 0.429. The summed E-state index contributed by atoms with van der Waals surface area (Å²) in [5.41, 5.74) is 0. The fourth-order valence-corrected chi connectivity index (χ4v) is 3.02. The van der Waals surface area contributed by atoms with Crippen LogP contribution in [0.2, 0.25) is 0 Å². The second kappa shape index (κ2) is 3.72. The molecule has 70 valence electrons. The number of rotatable bonds is 3. The molecular formula is C10H10Cl2S. The van der Waals surface area contributed by atoms with E-state index in [4.69, 9.17) is 23.2 Å². The lowest BCUT2D eigenvalue weighted by Crippen LogP contribution is -1.92. The molecule has 0 radical (unpaired) electrons. The van der Waals surface area contributed by atoms with Gasteiger partial charge in [0.2, 0.25) is 0 Å². The number of hydrogen-bond donors (Lipinski definition) is 0. The van der Waals surface area contributed by atoms with Crippen molar-refractivity contribution in [1.82, 2.24) is 0 Å². The summed E-state index contributed by atoms with van der Waals surface area (Å²) in [6.07, 6.45) is 0.940. The molecule has 0 heterocycles. The molecule has 0 spiro atoms. The van der Waals surface area contributed by atoms with E-state index in [0.29, 0.717) is 5.92 Å². The standard InChI is InChI=1S/C10H10Cl2S/c11-10(12)6-8(10)7-13-9-4-2-1-3-5-9/h1-5,8H,6-7H2. The molecular weight excluding hydrogens is 223 g/mol. The van der Waals surface area contributed by atoms with Gasteiger partial charge in [-0.25, -0.2) is 0 Å². The van der Waals surface area contributed by atoms with Crippen molar-refractivity contribution in [3.05, 3.63) is 30.3 Å². The third-order valence-electron chi connectivity index (χ3n) is 2.15. The molecule has 0 saturated heterocycles. The highest BCUT2D eigenvalue weighted by molar-refractivity contribution is 7.99. The first kappa shape index (κ1) is 9.70. The van der Waals surface area contributed by atoms with Gasteiger partial charge >= 0.3 is 0 Å². The first-order valence-corrected chi connectivity index (χ1v) is 5.98. The largest absolute Gasteiger partial charge is 0.126 e. The van der Waals surface area contributed by atoms with Crippen LogP contribution in [0, 0.1) is 5.92 Å². The first-order valence-electron chi connectivity index (χ1n) is 4.24. The lowest BCUT2D eigenvalue weighted by atomic mass is 10.4. The highest BCUT2D eigenvalue weighted by Gasteiger charge is 2.51. The molecule has 1 aromatic rings. The summed E-state index contributed by atoms with van der Waals surface area (Å²) in [6.45, 7) is 0. The topological polar surface area (TPSA) is 0 Å². The van der Waals surface area contributed by atoms with Crippen molar-refractivity contribution in [2.75, 3.05) is 5.75 Å². The molecule has 1 fully saturated rings. The van der Waals surface area contributed by atoms with Crippen molar-refractivity contribution >= 4 is 35.0 Å². The predicted octanol–water partition coefficient (Wildman–Crippen LogP) is 3.97. The fraction of sp³-hybridized carbons (Fsp3) is 0.400. The number of hydrogen-bond acceptors (Lipinski definition) is 1. The Bertz CT molecular complexity index is 284. The van der Waals surface area contributed by atoms with Crippen molar-refractivity contribution in [3.63, 3.8) is 0 Å². The Morgan fingerprint density at radius 1 is 1.31 bits per heavy atom. The zero-order valence-electron chi connectivity index (χ0n) is 7.04. The Hall–Kier alpha value is 0.150. The van der Waals surface area contributed by atoms with Gasteiger partial charge in [-0.1, -0.05) is 18.2 Å². The van der Waals surface area contributed by atoms with E-state index in [1.165, 1.54) is 4.90 Å². The summed E-state index contributed by atoms with van der Waals surface area (Å²) in [7, 11) is 0. The molecule has 0 bridgehead atoms. The Kier molecular flexibility index (Phi) is 2.77. The molecule has 0 N–H and O–H groups in total. The Morgan fingerprint density at radius 3 is 2.46 bits per heavy atom. The third kappa shape index (κ3) is 2.55. The minimum Gasteiger partial charge on any atom is -0.126 e. The minimum atomic E-state index is -0.429. The summed E-state index contributed by atoms with van der Waals surface area (Å²) in [5.74, 6) is 1.50. The van der Waals surface area contributed by atoms with Crippen molar-refractivity contribution in [2.24, 2.45) is 5.92 Å². The van der Waals surface area contributed by atoms with E-state index in [2.05, 4.69) is 12.1 Å². The van der Waals surface area contributed by atoms with Gasteiger partial charge in [0.1, 0.15) is 4.33 Å². The van der Waals surface area contributed by atoms with E-state index in [0.717, 1.165) is 12.2 Å². The quantitative estimate of drug-likeness (QED) is 0.562. The SMILES string of the molecule is ClC1(Cl)CC1CSc1ccccc1. The molecule has 1 unspecified atom stereocenters. The molecule has 0 nitrogen and oxygen atoms in total. The Labute approximate surface area is 92.6 Å². The predicted molar refractivity (Wildman–Crippen MR) is 59.7 cm³/mol. The highest BCUT2D eigenvalue weighted by Crippen LogP contribution is 2.54. The van der Waals surface area contributed by atoms with Crippen LogP contribution in [0.25, 0.3) is 0 Å². The average molecular weight is 233 g/mol. The monoisotopic (exact) mass is 232 g/mol. The van der Waals surface area contributed by atoms with Crippen molar-refractivity contribution in [1.29, 1.82) is 0 Å². The third-order valence-corrected chi connectivity index (χ3v) is 4.25. The van der Waals surface area contributed by atoms with Gasteiger partial charge in [0.15, 0.2) is 0 Å². The van der Waals surface area contributed by atoms with E-state index in [9.17, 15) is 0 Å². The lowest BCUT2D eigenvalue weighted by Gasteiger charge is -2.00. The van der Waals surface area contributed by atoms with Crippen LogP contribution in [-0.2, 0) is 0 Å². The molecule has 13 heavy (non-hydrogen) atoms.